The summed E-state index contributed by atoms with van der Waals surface area (Å²) in [6.07, 6.45) is 4.06. The fourth-order valence-electron chi connectivity index (χ4n) is 4.49. The Morgan fingerprint density at radius 2 is 1.97 bits per heavy atom. The number of nitrogens with one attached hydrogen (secondary N) is 3. The van der Waals surface area contributed by atoms with Crippen molar-refractivity contribution in [3.8, 4) is 11.6 Å². The van der Waals surface area contributed by atoms with Crippen LogP contribution in [0.4, 0.5) is 27.4 Å². The number of carbonyl (C=O) groups excluding carboxylic acids is 1. The van der Waals surface area contributed by atoms with Crippen LogP contribution in [-0.4, -0.2) is 58.5 Å². The van der Waals surface area contributed by atoms with E-state index in [1.54, 1.807) is 36.5 Å². The maximum atomic E-state index is 15.1. The third-order valence-electron chi connectivity index (χ3n) is 6.34. The van der Waals surface area contributed by atoms with Crippen molar-refractivity contribution < 1.29 is 13.9 Å². The lowest BCUT2D eigenvalue weighted by Gasteiger charge is -2.36. The standard InChI is InChI=1S/C28H30FN7O2/c1-3-12-35-13-15-36(16-14-35)24-9-8-20(18-23(24)29)32-28-33-26-22(10-11-30-26)27(34-28)38-21-7-5-6-19(17-21)31-25(37)4-2/h4-11,17-18H,2-3,12-16H2,1H3,(H,31,37)(H2,30,32,33,34). The van der Waals surface area contributed by atoms with Crippen molar-refractivity contribution in [2.45, 2.75) is 13.3 Å². The molecule has 0 bridgehead atoms. The molecule has 2 aromatic carbocycles. The number of hydrogen-bond donors (Lipinski definition) is 3. The van der Waals surface area contributed by atoms with Gasteiger partial charge in [-0.1, -0.05) is 19.6 Å². The summed E-state index contributed by atoms with van der Waals surface area (Å²) >= 11 is 0. The lowest BCUT2D eigenvalue weighted by molar-refractivity contribution is -0.111. The number of rotatable bonds is 9. The van der Waals surface area contributed by atoms with Crippen molar-refractivity contribution >= 4 is 40.0 Å². The van der Waals surface area contributed by atoms with Crippen LogP contribution in [0.3, 0.4) is 0 Å². The van der Waals surface area contributed by atoms with Gasteiger partial charge in [0.15, 0.2) is 0 Å². The van der Waals surface area contributed by atoms with E-state index < -0.39 is 0 Å². The molecule has 3 N–H and O–H groups in total. The molecule has 1 aliphatic rings. The van der Waals surface area contributed by atoms with Crippen molar-refractivity contribution in [3.63, 3.8) is 0 Å². The van der Waals surface area contributed by atoms with Crippen molar-refractivity contribution in [1.82, 2.24) is 19.9 Å². The summed E-state index contributed by atoms with van der Waals surface area (Å²) in [7, 11) is 0. The van der Waals surface area contributed by atoms with E-state index >= 15 is 4.39 Å². The number of halogens is 1. The first-order chi connectivity index (χ1) is 18.5. The van der Waals surface area contributed by atoms with Gasteiger partial charge in [0.05, 0.1) is 11.1 Å². The number of ether oxygens (including phenoxy) is 1. The Labute approximate surface area is 220 Å². The van der Waals surface area contributed by atoms with Crippen LogP contribution in [0, 0.1) is 5.82 Å². The minimum Gasteiger partial charge on any atom is -0.438 e. The van der Waals surface area contributed by atoms with Crippen LogP contribution in [0.2, 0.25) is 0 Å². The summed E-state index contributed by atoms with van der Waals surface area (Å²) < 4.78 is 21.2. The molecule has 38 heavy (non-hydrogen) atoms. The molecule has 2 aromatic heterocycles. The van der Waals surface area contributed by atoms with Gasteiger partial charge in [0, 0.05) is 49.8 Å². The second-order valence-corrected chi connectivity index (χ2v) is 9.04. The van der Waals surface area contributed by atoms with Gasteiger partial charge < -0.3 is 25.3 Å². The molecule has 0 atom stereocenters. The van der Waals surface area contributed by atoms with E-state index in [4.69, 9.17) is 4.74 Å². The molecule has 10 heteroatoms. The van der Waals surface area contributed by atoms with Crippen LogP contribution in [0.25, 0.3) is 11.0 Å². The Kier molecular flexibility index (Phi) is 7.50. The summed E-state index contributed by atoms with van der Waals surface area (Å²) in [4.78, 5) is 28.2. The largest absolute Gasteiger partial charge is 0.438 e. The van der Waals surface area contributed by atoms with E-state index in [2.05, 4.69) is 48.9 Å². The third kappa shape index (κ3) is 5.76. The maximum Gasteiger partial charge on any atom is 0.247 e. The highest BCUT2D eigenvalue weighted by molar-refractivity contribution is 5.99. The van der Waals surface area contributed by atoms with Crippen LogP contribution in [-0.2, 0) is 4.79 Å². The highest BCUT2D eigenvalue weighted by Gasteiger charge is 2.19. The van der Waals surface area contributed by atoms with Gasteiger partial charge in [-0.25, -0.2) is 4.39 Å². The van der Waals surface area contributed by atoms with E-state index in [9.17, 15) is 4.79 Å². The van der Waals surface area contributed by atoms with Crippen LogP contribution < -0.4 is 20.3 Å². The third-order valence-corrected chi connectivity index (χ3v) is 6.34. The van der Waals surface area contributed by atoms with E-state index in [0.717, 1.165) is 39.1 Å². The van der Waals surface area contributed by atoms with Crippen LogP contribution >= 0.6 is 0 Å². The summed E-state index contributed by atoms with van der Waals surface area (Å²) in [5, 5.41) is 6.48. The van der Waals surface area contributed by atoms with Crippen molar-refractivity contribution in [2.24, 2.45) is 0 Å². The molecule has 196 valence electrons. The molecule has 0 saturated carbocycles. The number of aromatic nitrogens is 3. The molecular formula is C28H30FN7O2. The second-order valence-electron chi connectivity index (χ2n) is 9.04. The number of hydrogen-bond acceptors (Lipinski definition) is 7. The Balaban J connectivity index is 1.33. The summed E-state index contributed by atoms with van der Waals surface area (Å²) in [5.74, 6) is 0.434. The smallest absolute Gasteiger partial charge is 0.247 e. The molecule has 5 rings (SSSR count). The molecule has 0 spiro atoms. The number of nitrogens with zero attached hydrogens (tertiary/aromatic N) is 4. The van der Waals surface area contributed by atoms with E-state index in [0.29, 0.717) is 39.7 Å². The molecule has 0 radical (unpaired) electrons. The van der Waals surface area contributed by atoms with Crippen molar-refractivity contribution in [3.05, 3.63) is 73.2 Å². The lowest BCUT2D eigenvalue weighted by Crippen LogP contribution is -2.46. The number of piperazine rings is 1. The quantitative estimate of drug-likeness (QED) is 0.261. The van der Waals surface area contributed by atoms with Crippen LogP contribution in [0.5, 0.6) is 11.6 Å². The molecule has 1 amide bonds. The van der Waals surface area contributed by atoms with Gasteiger partial charge in [0.25, 0.3) is 0 Å². The molecule has 0 aliphatic carbocycles. The predicted octanol–water partition coefficient (Wildman–Crippen LogP) is 5.29. The molecule has 1 aliphatic heterocycles. The number of aromatic amines is 1. The Morgan fingerprint density at radius 3 is 2.74 bits per heavy atom. The first kappa shape index (κ1) is 25.2. The van der Waals surface area contributed by atoms with Crippen LogP contribution in [0.15, 0.2) is 67.4 Å². The summed E-state index contributed by atoms with van der Waals surface area (Å²) in [6, 6.07) is 13.8. The van der Waals surface area contributed by atoms with E-state index in [1.165, 1.54) is 12.1 Å². The number of benzene rings is 2. The SMILES string of the molecule is C=CC(=O)Nc1cccc(Oc2nc(Nc3ccc(N4CCN(CCC)CC4)c(F)c3)nc3[nH]ccc23)c1. The minimum absolute atomic E-state index is 0.256. The number of fused-ring (bicyclic) bond motifs is 1. The number of H-pyrrole nitrogens is 1. The van der Waals surface area contributed by atoms with E-state index in [1.807, 2.05) is 12.1 Å². The maximum absolute atomic E-state index is 15.1. The monoisotopic (exact) mass is 515 g/mol. The Bertz CT molecular complexity index is 1450. The molecule has 4 aromatic rings. The van der Waals surface area contributed by atoms with Gasteiger partial charge in [0.1, 0.15) is 17.2 Å². The van der Waals surface area contributed by atoms with Crippen molar-refractivity contribution in [1.29, 1.82) is 0 Å². The molecule has 9 nitrogen and oxygen atoms in total. The normalized spacial score (nSPS) is 13.9. The zero-order valence-electron chi connectivity index (χ0n) is 21.2. The molecule has 1 saturated heterocycles. The fraction of sp³-hybridized carbons (Fsp3) is 0.250. The Morgan fingerprint density at radius 1 is 1.13 bits per heavy atom. The summed E-state index contributed by atoms with van der Waals surface area (Å²) in [5.41, 5.74) is 2.25. The molecule has 3 heterocycles. The average molecular weight is 516 g/mol. The van der Waals surface area contributed by atoms with Crippen LogP contribution in [0.1, 0.15) is 13.3 Å². The summed E-state index contributed by atoms with van der Waals surface area (Å²) in [6.45, 7) is 10.2. The highest BCUT2D eigenvalue weighted by Crippen LogP contribution is 2.31. The average Bonchev–Trinajstić information content (AvgIpc) is 3.39. The van der Waals surface area contributed by atoms with Gasteiger partial charge in [-0.15, -0.1) is 0 Å². The van der Waals surface area contributed by atoms with Gasteiger partial charge in [-0.05, 0) is 55.4 Å². The molecular weight excluding hydrogens is 485 g/mol. The topological polar surface area (TPSA) is 98.4 Å². The number of anilines is 4. The molecule has 0 unspecified atom stereocenters. The number of amides is 1. The lowest BCUT2D eigenvalue weighted by atomic mass is 10.2. The van der Waals surface area contributed by atoms with Gasteiger partial charge in [0.2, 0.25) is 17.7 Å². The van der Waals surface area contributed by atoms with Gasteiger partial charge in [-0.3, -0.25) is 9.69 Å². The highest BCUT2D eigenvalue weighted by atomic mass is 19.1. The second kappa shape index (κ2) is 11.3. The zero-order chi connectivity index (χ0) is 26.5. The predicted molar refractivity (Wildman–Crippen MR) is 148 cm³/mol. The minimum atomic E-state index is -0.319. The molecule has 1 fully saturated rings. The van der Waals surface area contributed by atoms with Crippen molar-refractivity contribution in [2.75, 3.05) is 48.3 Å². The Hall–Kier alpha value is -4.44. The first-order valence-electron chi connectivity index (χ1n) is 12.6. The number of carbonyl (C=O) groups is 1. The van der Waals surface area contributed by atoms with E-state index in [-0.39, 0.29) is 17.7 Å². The zero-order valence-corrected chi connectivity index (χ0v) is 21.2. The fourth-order valence-corrected chi connectivity index (χ4v) is 4.49. The first-order valence-corrected chi connectivity index (χ1v) is 12.6. The van der Waals surface area contributed by atoms with Gasteiger partial charge >= 0.3 is 0 Å². The van der Waals surface area contributed by atoms with Gasteiger partial charge in [-0.2, -0.15) is 9.97 Å².